The van der Waals surface area contributed by atoms with Gasteiger partial charge in [-0.3, -0.25) is 0 Å². The lowest BCUT2D eigenvalue weighted by Gasteiger charge is -2.39. The predicted octanol–water partition coefficient (Wildman–Crippen LogP) is 2.96. The molecule has 28 heavy (non-hydrogen) atoms. The average Bonchev–Trinajstić information content (AvgIpc) is 3.31. The molecule has 2 fully saturated rings. The van der Waals surface area contributed by atoms with Crippen molar-refractivity contribution in [2.75, 3.05) is 21.2 Å². The zero-order chi connectivity index (χ0) is 20.3. The average molecular weight is 401 g/mol. The monoisotopic (exact) mass is 400 g/mol. The van der Waals surface area contributed by atoms with Crippen LogP contribution in [0.25, 0.3) is 6.08 Å². The van der Waals surface area contributed by atoms with Crippen molar-refractivity contribution < 1.29 is 13.2 Å². The van der Waals surface area contributed by atoms with Gasteiger partial charge in [0.25, 0.3) is 0 Å². The summed E-state index contributed by atoms with van der Waals surface area (Å²) in [4.78, 5) is 0.288. The van der Waals surface area contributed by atoms with E-state index in [1.165, 1.54) is 29.5 Å². The van der Waals surface area contributed by atoms with Crippen LogP contribution < -0.4 is 5.32 Å². The first-order valence-corrected chi connectivity index (χ1v) is 11.1. The molecule has 1 aromatic rings. The summed E-state index contributed by atoms with van der Waals surface area (Å²) in [6, 6.07) is 5.58. The molecule has 4 aliphatic carbocycles. The van der Waals surface area contributed by atoms with Crippen molar-refractivity contribution >= 4 is 16.1 Å². The summed E-state index contributed by atoms with van der Waals surface area (Å²) in [6.07, 6.45) is 7.68. The number of allylic oxidation sites excluding steroid dienone is 2. The number of hydrogen-bond donors (Lipinski definition) is 1. The maximum Gasteiger partial charge on any atom is 0.242 e. The molecular formula is C22H28N2O3S. The van der Waals surface area contributed by atoms with E-state index >= 15 is 0 Å². The molecule has 0 saturated heterocycles. The first-order chi connectivity index (χ1) is 13.3. The molecule has 2 bridgehead atoms. The maximum atomic E-state index is 12.4. The molecule has 1 spiro atoms. The van der Waals surface area contributed by atoms with E-state index < -0.39 is 10.0 Å². The Balaban J connectivity index is 1.53. The minimum absolute atomic E-state index is 0.119. The highest BCUT2D eigenvalue weighted by Gasteiger charge is 2.71. The molecule has 0 aromatic heterocycles. The van der Waals surface area contributed by atoms with Gasteiger partial charge in [0.2, 0.25) is 10.0 Å². The molecule has 5 nitrogen and oxygen atoms in total. The van der Waals surface area contributed by atoms with Gasteiger partial charge in [0.1, 0.15) is 0 Å². The highest BCUT2D eigenvalue weighted by Crippen LogP contribution is 2.69. The third kappa shape index (κ3) is 2.74. The normalized spacial score (nSPS) is 30.7. The number of hydrogen-bond acceptors (Lipinski definition) is 4. The van der Waals surface area contributed by atoms with Crippen LogP contribution in [0.5, 0.6) is 0 Å². The second kappa shape index (κ2) is 6.66. The van der Waals surface area contributed by atoms with Gasteiger partial charge in [0.05, 0.1) is 11.0 Å². The number of fused-ring (bicyclic) bond motifs is 2. The molecule has 4 atom stereocenters. The minimum atomic E-state index is -3.45. The van der Waals surface area contributed by atoms with E-state index in [1.807, 2.05) is 6.07 Å². The Morgan fingerprint density at radius 3 is 2.75 bits per heavy atom. The number of benzene rings is 1. The lowest BCUT2D eigenvalue weighted by molar-refractivity contribution is 0.0224. The van der Waals surface area contributed by atoms with Crippen molar-refractivity contribution in [3.8, 4) is 0 Å². The van der Waals surface area contributed by atoms with Crippen LogP contribution in [0, 0.1) is 11.3 Å². The molecule has 150 valence electrons. The Morgan fingerprint density at radius 1 is 1.36 bits per heavy atom. The number of rotatable bonds is 7. The lowest BCUT2D eigenvalue weighted by Crippen LogP contribution is -2.43. The van der Waals surface area contributed by atoms with Crippen molar-refractivity contribution in [2.45, 2.75) is 36.9 Å². The van der Waals surface area contributed by atoms with Crippen LogP contribution in [0.1, 0.15) is 24.5 Å². The molecule has 6 heteroatoms. The molecule has 0 heterocycles. The van der Waals surface area contributed by atoms with Crippen LogP contribution in [0.4, 0.5) is 0 Å². The van der Waals surface area contributed by atoms with E-state index in [1.54, 1.807) is 25.3 Å². The van der Waals surface area contributed by atoms with E-state index in [2.05, 4.69) is 31.0 Å². The Morgan fingerprint density at radius 2 is 2.11 bits per heavy atom. The zero-order valence-electron chi connectivity index (χ0n) is 16.9. The standard InChI is InChI=1S/C22H28N2O3S/c1-6-15-11-18(28(25,26)24(3)4)8-7-16(15)13-23-20-19-10-14(2)9-17-12-22(19,20)21(17)27-5/h6-11,14,20-21,23H,1,12-13H2,2-5H3. The molecule has 0 aliphatic heterocycles. The van der Waals surface area contributed by atoms with Crippen LogP contribution in [0.3, 0.4) is 0 Å². The molecule has 4 aliphatic rings. The Hall–Kier alpha value is -1.73. The molecule has 2 saturated carbocycles. The summed E-state index contributed by atoms with van der Waals surface area (Å²) < 4.78 is 31.8. The molecule has 1 N–H and O–H groups in total. The van der Waals surface area contributed by atoms with Gasteiger partial charge in [-0.1, -0.05) is 37.8 Å². The molecule has 5 rings (SSSR count). The summed E-state index contributed by atoms with van der Waals surface area (Å²) in [6.45, 7) is 6.75. The number of ether oxygens (including phenoxy) is 1. The van der Waals surface area contributed by atoms with Crippen molar-refractivity contribution in [1.29, 1.82) is 0 Å². The molecule has 4 unspecified atom stereocenters. The molecule has 0 amide bonds. The van der Waals surface area contributed by atoms with Gasteiger partial charge in [-0.15, -0.1) is 0 Å². The first kappa shape index (κ1) is 19.6. The van der Waals surface area contributed by atoms with Crippen molar-refractivity contribution in [2.24, 2.45) is 11.3 Å². The van der Waals surface area contributed by atoms with Crippen LogP contribution in [0.2, 0.25) is 0 Å². The van der Waals surface area contributed by atoms with Gasteiger partial charge in [0, 0.05) is 39.2 Å². The topological polar surface area (TPSA) is 58.6 Å². The van der Waals surface area contributed by atoms with Gasteiger partial charge in [0.15, 0.2) is 0 Å². The van der Waals surface area contributed by atoms with E-state index in [9.17, 15) is 8.42 Å². The second-order valence-corrected chi connectivity index (χ2v) is 10.4. The summed E-state index contributed by atoms with van der Waals surface area (Å²) in [7, 11) is 1.42. The SMILES string of the molecule is C=Cc1cc(S(=O)(=O)N(C)C)ccc1CNC1C2=CC(C)C=C3CC21C3OC. The van der Waals surface area contributed by atoms with Gasteiger partial charge >= 0.3 is 0 Å². The van der Waals surface area contributed by atoms with Gasteiger partial charge < -0.3 is 10.1 Å². The smallest absolute Gasteiger partial charge is 0.242 e. The second-order valence-electron chi connectivity index (χ2n) is 8.22. The quantitative estimate of drug-likeness (QED) is 0.715. The number of nitrogens with one attached hydrogen (secondary N) is 1. The van der Waals surface area contributed by atoms with Crippen LogP contribution in [-0.4, -0.2) is 46.1 Å². The highest BCUT2D eigenvalue weighted by atomic mass is 32.2. The third-order valence-corrected chi connectivity index (χ3v) is 8.16. The lowest BCUT2D eigenvalue weighted by atomic mass is 9.72. The minimum Gasteiger partial charge on any atom is -0.376 e. The molecule has 1 aromatic carbocycles. The van der Waals surface area contributed by atoms with Gasteiger partial charge in [-0.2, -0.15) is 0 Å². The summed E-state index contributed by atoms with van der Waals surface area (Å²) >= 11 is 0. The van der Waals surface area contributed by atoms with E-state index in [4.69, 9.17) is 4.74 Å². The fraction of sp³-hybridized carbons (Fsp3) is 0.455. The first-order valence-electron chi connectivity index (χ1n) is 9.62. The molecule has 0 radical (unpaired) electrons. The van der Waals surface area contributed by atoms with E-state index in [0.717, 1.165) is 17.5 Å². The number of methoxy groups -OCH3 is 1. The van der Waals surface area contributed by atoms with E-state index in [-0.39, 0.29) is 16.4 Å². The predicted molar refractivity (Wildman–Crippen MR) is 111 cm³/mol. The van der Waals surface area contributed by atoms with Crippen molar-refractivity contribution in [1.82, 2.24) is 9.62 Å². The number of nitrogens with zero attached hydrogens (tertiary/aromatic N) is 1. The Bertz CT molecular complexity index is 993. The summed E-state index contributed by atoms with van der Waals surface area (Å²) in [5, 5.41) is 3.68. The third-order valence-electron chi connectivity index (χ3n) is 6.35. The van der Waals surface area contributed by atoms with Crippen molar-refractivity contribution in [3.05, 3.63) is 59.2 Å². The largest absolute Gasteiger partial charge is 0.376 e. The van der Waals surface area contributed by atoms with Gasteiger partial charge in [-0.05, 0) is 46.7 Å². The Kier molecular flexibility index (Phi) is 4.66. The van der Waals surface area contributed by atoms with Crippen molar-refractivity contribution in [3.63, 3.8) is 0 Å². The van der Waals surface area contributed by atoms with Crippen LogP contribution >= 0.6 is 0 Å². The van der Waals surface area contributed by atoms with Gasteiger partial charge in [-0.25, -0.2) is 12.7 Å². The highest BCUT2D eigenvalue weighted by molar-refractivity contribution is 7.89. The van der Waals surface area contributed by atoms with Crippen LogP contribution in [-0.2, 0) is 21.3 Å². The Labute approximate surface area is 167 Å². The number of sulfonamides is 1. The summed E-state index contributed by atoms with van der Waals surface area (Å²) in [5.74, 6) is 0.443. The fourth-order valence-electron chi connectivity index (χ4n) is 4.87. The van der Waals surface area contributed by atoms with Crippen LogP contribution in [0.15, 0.2) is 53.0 Å². The maximum absolute atomic E-state index is 12.4. The molecular weight excluding hydrogens is 372 g/mol. The van der Waals surface area contributed by atoms with E-state index in [0.29, 0.717) is 18.5 Å². The zero-order valence-corrected chi connectivity index (χ0v) is 17.7. The summed E-state index contributed by atoms with van der Waals surface area (Å²) in [5.41, 5.74) is 4.87. The fourth-order valence-corrected chi connectivity index (χ4v) is 5.81.